The zero-order chi connectivity index (χ0) is 18.0. The zero-order valence-electron chi connectivity index (χ0n) is 13.6. The molecule has 0 spiro atoms. The van der Waals surface area contributed by atoms with Gasteiger partial charge in [-0.1, -0.05) is 12.1 Å². The summed E-state index contributed by atoms with van der Waals surface area (Å²) in [5.41, 5.74) is 0.743. The summed E-state index contributed by atoms with van der Waals surface area (Å²) in [5, 5.41) is 19.2. The van der Waals surface area contributed by atoms with Crippen LogP contribution in [-0.2, 0) is 0 Å². The van der Waals surface area contributed by atoms with Gasteiger partial charge in [0, 0.05) is 18.2 Å². The number of hydrogen-bond acceptors (Lipinski definition) is 6. The van der Waals surface area contributed by atoms with Gasteiger partial charge in [-0.25, -0.2) is 0 Å². The maximum Gasteiger partial charge on any atom is 0.197 e. The van der Waals surface area contributed by atoms with E-state index in [1.165, 1.54) is 32.4 Å². The number of methoxy groups -OCH3 is 2. The van der Waals surface area contributed by atoms with E-state index < -0.39 is 0 Å². The molecule has 0 fully saturated rings. The second kappa shape index (κ2) is 6.60. The molecule has 0 amide bonds. The van der Waals surface area contributed by atoms with Gasteiger partial charge in [0.25, 0.3) is 0 Å². The smallest absolute Gasteiger partial charge is 0.197 e. The normalized spacial score (nSPS) is 11.1. The zero-order valence-corrected chi connectivity index (χ0v) is 13.6. The molecule has 0 aliphatic heterocycles. The molecule has 0 bridgehead atoms. The molecule has 1 heterocycles. The van der Waals surface area contributed by atoms with E-state index in [4.69, 9.17) is 13.9 Å². The summed E-state index contributed by atoms with van der Waals surface area (Å²) in [6.45, 7) is 0. The molecule has 0 saturated carbocycles. The molecule has 1 aromatic heterocycles. The first kappa shape index (κ1) is 16.4. The highest BCUT2D eigenvalue weighted by atomic mass is 16.5. The molecule has 2 aromatic carbocycles. The van der Waals surface area contributed by atoms with Crippen molar-refractivity contribution in [3.8, 4) is 23.0 Å². The van der Waals surface area contributed by atoms with Crippen molar-refractivity contribution in [2.45, 2.75) is 0 Å². The second-order valence-electron chi connectivity index (χ2n) is 5.30. The number of phenols is 2. The fourth-order valence-corrected chi connectivity index (χ4v) is 2.43. The van der Waals surface area contributed by atoms with Crippen LogP contribution in [0.1, 0.15) is 11.3 Å². The molecular weight excluding hydrogens is 324 g/mol. The average molecular weight is 340 g/mol. The highest BCUT2D eigenvalue weighted by molar-refractivity contribution is 5.86. The molecule has 3 aromatic rings. The van der Waals surface area contributed by atoms with Crippen LogP contribution >= 0.6 is 0 Å². The summed E-state index contributed by atoms with van der Waals surface area (Å²) >= 11 is 0. The van der Waals surface area contributed by atoms with Crippen molar-refractivity contribution in [1.82, 2.24) is 0 Å². The fraction of sp³-hybridized carbons (Fsp3) is 0.105. The lowest BCUT2D eigenvalue weighted by Crippen LogP contribution is -2.03. The Hall–Kier alpha value is -3.41. The minimum absolute atomic E-state index is 0.200. The molecule has 0 saturated heterocycles. The lowest BCUT2D eigenvalue weighted by Gasteiger charge is -2.08. The number of ether oxygens (including phenoxy) is 2. The van der Waals surface area contributed by atoms with Crippen LogP contribution < -0.4 is 14.9 Å². The van der Waals surface area contributed by atoms with Crippen molar-refractivity contribution >= 4 is 23.1 Å². The standard InChI is InChI=1S/C19H16O6/c1-23-13-9-17(24-2)19-16(22)8-12(25-18(19)10-13)5-3-11-4-6-14(20)15(21)7-11/h3-10,20-21H,1-2H3/b5-3+. The van der Waals surface area contributed by atoms with E-state index in [1.807, 2.05) is 0 Å². The minimum atomic E-state index is -0.242. The summed E-state index contributed by atoms with van der Waals surface area (Å²) in [6, 6.07) is 8.99. The Labute approximate surface area is 143 Å². The Balaban J connectivity index is 2.06. The Morgan fingerprint density at radius 2 is 1.76 bits per heavy atom. The van der Waals surface area contributed by atoms with E-state index in [9.17, 15) is 15.0 Å². The van der Waals surface area contributed by atoms with Gasteiger partial charge in [0.1, 0.15) is 28.2 Å². The van der Waals surface area contributed by atoms with Crippen LogP contribution in [0.5, 0.6) is 23.0 Å². The Morgan fingerprint density at radius 1 is 0.960 bits per heavy atom. The summed E-state index contributed by atoms with van der Waals surface area (Å²) in [7, 11) is 2.98. The molecule has 0 aliphatic carbocycles. The van der Waals surface area contributed by atoms with Crippen LogP contribution in [0.2, 0.25) is 0 Å². The van der Waals surface area contributed by atoms with Crippen molar-refractivity contribution in [2.24, 2.45) is 0 Å². The first-order chi connectivity index (χ1) is 12.0. The highest BCUT2D eigenvalue weighted by Crippen LogP contribution is 2.30. The van der Waals surface area contributed by atoms with Gasteiger partial charge in [0.2, 0.25) is 0 Å². The third kappa shape index (κ3) is 3.28. The maximum atomic E-state index is 12.4. The lowest BCUT2D eigenvalue weighted by molar-refractivity contribution is 0.396. The van der Waals surface area contributed by atoms with E-state index in [0.29, 0.717) is 33.8 Å². The number of aromatic hydroxyl groups is 2. The third-order valence-corrected chi connectivity index (χ3v) is 3.68. The Bertz CT molecular complexity index is 1020. The highest BCUT2D eigenvalue weighted by Gasteiger charge is 2.12. The van der Waals surface area contributed by atoms with Gasteiger partial charge in [-0.05, 0) is 23.8 Å². The third-order valence-electron chi connectivity index (χ3n) is 3.68. The predicted molar refractivity (Wildman–Crippen MR) is 94.3 cm³/mol. The fourth-order valence-electron chi connectivity index (χ4n) is 2.43. The van der Waals surface area contributed by atoms with E-state index in [-0.39, 0.29) is 16.9 Å². The van der Waals surface area contributed by atoms with E-state index in [0.717, 1.165) is 0 Å². The summed E-state index contributed by atoms with van der Waals surface area (Å²) in [4.78, 5) is 12.4. The molecule has 3 rings (SSSR count). The monoisotopic (exact) mass is 340 g/mol. The van der Waals surface area contributed by atoms with Crippen molar-refractivity contribution in [1.29, 1.82) is 0 Å². The van der Waals surface area contributed by atoms with Gasteiger partial charge in [-0.2, -0.15) is 0 Å². The van der Waals surface area contributed by atoms with Gasteiger partial charge < -0.3 is 24.1 Å². The SMILES string of the molecule is COc1cc(OC)c2c(=O)cc(/C=C/c3ccc(O)c(O)c3)oc2c1. The first-order valence-electron chi connectivity index (χ1n) is 7.42. The first-order valence-corrected chi connectivity index (χ1v) is 7.42. The van der Waals surface area contributed by atoms with Crippen LogP contribution in [0.4, 0.5) is 0 Å². The van der Waals surface area contributed by atoms with Crippen molar-refractivity contribution in [3.05, 3.63) is 57.9 Å². The number of phenolic OH excluding ortho intramolecular Hbond substituents is 2. The Kier molecular flexibility index (Phi) is 4.35. The number of fused-ring (bicyclic) bond motifs is 1. The average Bonchev–Trinajstić information content (AvgIpc) is 2.61. The molecule has 0 unspecified atom stereocenters. The van der Waals surface area contributed by atoms with Crippen molar-refractivity contribution in [2.75, 3.05) is 14.2 Å². The van der Waals surface area contributed by atoms with Crippen LogP contribution in [-0.4, -0.2) is 24.4 Å². The number of hydrogen-bond donors (Lipinski definition) is 2. The predicted octanol–water partition coefficient (Wildman–Crippen LogP) is 3.39. The summed E-state index contributed by atoms with van der Waals surface area (Å²) in [5.74, 6) is 0.796. The van der Waals surface area contributed by atoms with E-state index >= 15 is 0 Å². The van der Waals surface area contributed by atoms with Gasteiger partial charge in [-0.3, -0.25) is 4.79 Å². The van der Waals surface area contributed by atoms with Crippen LogP contribution in [0.15, 0.2) is 45.6 Å². The van der Waals surface area contributed by atoms with Crippen molar-refractivity contribution < 1.29 is 24.1 Å². The van der Waals surface area contributed by atoms with Gasteiger partial charge in [0.15, 0.2) is 16.9 Å². The number of benzene rings is 2. The second-order valence-corrected chi connectivity index (χ2v) is 5.30. The summed E-state index contributed by atoms with van der Waals surface area (Å²) in [6.07, 6.45) is 3.25. The quantitative estimate of drug-likeness (QED) is 0.708. The van der Waals surface area contributed by atoms with Crippen LogP contribution in [0, 0.1) is 0 Å². The lowest BCUT2D eigenvalue weighted by atomic mass is 10.1. The van der Waals surface area contributed by atoms with E-state index in [2.05, 4.69) is 0 Å². The molecule has 6 heteroatoms. The van der Waals surface area contributed by atoms with E-state index in [1.54, 1.807) is 30.4 Å². The number of rotatable bonds is 4. The van der Waals surface area contributed by atoms with Crippen LogP contribution in [0.3, 0.4) is 0 Å². The molecular formula is C19H16O6. The molecule has 25 heavy (non-hydrogen) atoms. The molecule has 2 N–H and O–H groups in total. The molecule has 6 nitrogen and oxygen atoms in total. The topological polar surface area (TPSA) is 89.1 Å². The summed E-state index contributed by atoms with van der Waals surface area (Å²) < 4.78 is 16.2. The molecule has 0 radical (unpaired) electrons. The molecule has 128 valence electrons. The van der Waals surface area contributed by atoms with Gasteiger partial charge in [0.05, 0.1) is 14.2 Å². The largest absolute Gasteiger partial charge is 0.504 e. The maximum absolute atomic E-state index is 12.4. The van der Waals surface area contributed by atoms with Gasteiger partial charge >= 0.3 is 0 Å². The minimum Gasteiger partial charge on any atom is -0.504 e. The van der Waals surface area contributed by atoms with Gasteiger partial charge in [-0.15, -0.1) is 0 Å². The van der Waals surface area contributed by atoms with Crippen LogP contribution in [0.25, 0.3) is 23.1 Å². The van der Waals surface area contributed by atoms with Crippen molar-refractivity contribution in [3.63, 3.8) is 0 Å². The molecule has 0 aliphatic rings. The molecule has 0 atom stereocenters. The Morgan fingerprint density at radius 3 is 2.44 bits per heavy atom.